The van der Waals surface area contributed by atoms with Crippen LogP contribution in [-0.4, -0.2) is 56.5 Å². The van der Waals surface area contributed by atoms with E-state index in [1.54, 1.807) is 0 Å². The predicted molar refractivity (Wildman–Crippen MR) is 99.3 cm³/mol. The van der Waals surface area contributed by atoms with Gasteiger partial charge in [-0.15, -0.1) is 0 Å². The quantitative estimate of drug-likeness (QED) is 0.859. The fraction of sp³-hybridized carbons (Fsp3) is 0.600. The van der Waals surface area contributed by atoms with E-state index in [-0.39, 0.29) is 5.91 Å². The SMILES string of the molecule is CC(C)N1[C@H]2CC[C@H]1CN(C(=O)CCn1cnc3ccccc31)CC2. The molecule has 0 aliphatic carbocycles. The van der Waals surface area contributed by atoms with Gasteiger partial charge in [-0.05, 0) is 45.2 Å². The van der Waals surface area contributed by atoms with Crippen LogP contribution in [0.1, 0.15) is 39.5 Å². The van der Waals surface area contributed by atoms with Gasteiger partial charge < -0.3 is 9.47 Å². The molecule has 2 saturated heterocycles. The van der Waals surface area contributed by atoms with E-state index in [0.29, 0.717) is 31.1 Å². The Kier molecular flexibility index (Phi) is 4.50. The summed E-state index contributed by atoms with van der Waals surface area (Å²) in [6.45, 7) is 7.09. The molecule has 3 heterocycles. The van der Waals surface area contributed by atoms with Crippen LogP contribution in [0.5, 0.6) is 0 Å². The molecule has 0 saturated carbocycles. The lowest BCUT2D eigenvalue weighted by molar-refractivity contribution is -0.131. The van der Waals surface area contributed by atoms with E-state index < -0.39 is 0 Å². The number of para-hydroxylation sites is 2. The minimum absolute atomic E-state index is 0.286. The van der Waals surface area contributed by atoms with Crippen LogP contribution in [0.25, 0.3) is 11.0 Å². The highest BCUT2D eigenvalue weighted by molar-refractivity contribution is 5.77. The maximum absolute atomic E-state index is 12.8. The second kappa shape index (κ2) is 6.79. The van der Waals surface area contributed by atoms with E-state index >= 15 is 0 Å². The summed E-state index contributed by atoms with van der Waals surface area (Å²) >= 11 is 0. The molecule has 0 unspecified atom stereocenters. The number of rotatable bonds is 4. The van der Waals surface area contributed by atoms with Crippen LogP contribution < -0.4 is 0 Å². The lowest BCUT2D eigenvalue weighted by Crippen LogP contribution is -2.44. The third-order valence-corrected chi connectivity index (χ3v) is 5.88. The number of likely N-dealkylation sites (tertiary alicyclic amines) is 1. The van der Waals surface area contributed by atoms with Gasteiger partial charge in [-0.2, -0.15) is 0 Å². The van der Waals surface area contributed by atoms with Crippen molar-refractivity contribution in [3.05, 3.63) is 30.6 Å². The lowest BCUT2D eigenvalue weighted by Gasteiger charge is -2.32. The molecule has 25 heavy (non-hydrogen) atoms. The summed E-state index contributed by atoms with van der Waals surface area (Å²) in [6.07, 6.45) is 6.06. The summed E-state index contributed by atoms with van der Waals surface area (Å²) in [5.41, 5.74) is 2.10. The van der Waals surface area contributed by atoms with Crippen LogP contribution >= 0.6 is 0 Å². The number of imidazole rings is 1. The molecule has 134 valence electrons. The van der Waals surface area contributed by atoms with E-state index in [1.807, 2.05) is 24.5 Å². The van der Waals surface area contributed by atoms with Crippen molar-refractivity contribution >= 4 is 16.9 Å². The number of amides is 1. The summed E-state index contributed by atoms with van der Waals surface area (Å²) in [6, 6.07) is 9.89. The predicted octanol–water partition coefficient (Wildman–Crippen LogP) is 2.90. The minimum atomic E-state index is 0.286. The summed E-state index contributed by atoms with van der Waals surface area (Å²) in [5, 5.41) is 0. The zero-order chi connectivity index (χ0) is 17.4. The van der Waals surface area contributed by atoms with Crippen LogP contribution in [0.4, 0.5) is 0 Å². The summed E-state index contributed by atoms with van der Waals surface area (Å²) < 4.78 is 2.09. The van der Waals surface area contributed by atoms with E-state index in [4.69, 9.17) is 0 Å². The molecule has 1 amide bonds. The first-order valence-electron chi connectivity index (χ1n) is 9.58. The zero-order valence-electron chi connectivity index (χ0n) is 15.3. The third kappa shape index (κ3) is 3.17. The van der Waals surface area contributed by atoms with Gasteiger partial charge in [0.1, 0.15) is 0 Å². The highest BCUT2D eigenvalue weighted by Crippen LogP contribution is 2.32. The maximum Gasteiger partial charge on any atom is 0.224 e. The smallest absolute Gasteiger partial charge is 0.224 e. The van der Waals surface area contributed by atoms with Gasteiger partial charge in [0, 0.05) is 44.2 Å². The Balaban J connectivity index is 1.40. The highest BCUT2D eigenvalue weighted by Gasteiger charge is 2.39. The van der Waals surface area contributed by atoms with Gasteiger partial charge in [0.25, 0.3) is 0 Å². The zero-order valence-corrected chi connectivity index (χ0v) is 15.3. The van der Waals surface area contributed by atoms with Crippen molar-refractivity contribution in [2.45, 2.75) is 64.2 Å². The van der Waals surface area contributed by atoms with Crippen LogP contribution in [0.15, 0.2) is 30.6 Å². The van der Waals surface area contributed by atoms with Gasteiger partial charge in [-0.25, -0.2) is 4.98 Å². The Labute approximate surface area is 149 Å². The van der Waals surface area contributed by atoms with E-state index in [9.17, 15) is 4.79 Å². The number of aromatic nitrogens is 2. The summed E-state index contributed by atoms with van der Waals surface area (Å²) in [5.74, 6) is 0.286. The Morgan fingerprint density at radius 3 is 2.84 bits per heavy atom. The molecule has 1 aromatic heterocycles. The van der Waals surface area contributed by atoms with Crippen molar-refractivity contribution in [3.8, 4) is 0 Å². The minimum Gasteiger partial charge on any atom is -0.341 e. The number of hydrogen-bond acceptors (Lipinski definition) is 3. The molecule has 2 aliphatic heterocycles. The van der Waals surface area contributed by atoms with Crippen molar-refractivity contribution in [3.63, 3.8) is 0 Å². The van der Waals surface area contributed by atoms with Crippen LogP contribution in [0.2, 0.25) is 0 Å². The lowest BCUT2D eigenvalue weighted by atomic mass is 10.1. The molecule has 0 N–H and O–H groups in total. The van der Waals surface area contributed by atoms with Gasteiger partial charge in [-0.3, -0.25) is 9.69 Å². The average Bonchev–Trinajstić information content (AvgIpc) is 3.13. The fourth-order valence-corrected chi connectivity index (χ4v) is 4.74. The Bertz CT molecular complexity index is 753. The number of benzene rings is 1. The molecule has 2 aliphatic rings. The van der Waals surface area contributed by atoms with E-state index in [2.05, 4.69) is 39.3 Å². The van der Waals surface area contributed by atoms with Crippen molar-refractivity contribution in [1.82, 2.24) is 19.4 Å². The first kappa shape index (κ1) is 16.6. The monoisotopic (exact) mass is 340 g/mol. The molecule has 0 radical (unpaired) electrons. The van der Waals surface area contributed by atoms with E-state index in [0.717, 1.165) is 30.5 Å². The van der Waals surface area contributed by atoms with E-state index in [1.165, 1.54) is 12.8 Å². The molecule has 2 bridgehead atoms. The largest absolute Gasteiger partial charge is 0.341 e. The molecule has 0 spiro atoms. The summed E-state index contributed by atoms with van der Waals surface area (Å²) in [7, 11) is 0. The number of hydrogen-bond donors (Lipinski definition) is 0. The molecule has 4 rings (SSSR count). The molecular formula is C20H28N4O. The van der Waals surface area contributed by atoms with Crippen molar-refractivity contribution in [1.29, 1.82) is 0 Å². The van der Waals surface area contributed by atoms with Gasteiger partial charge in [-0.1, -0.05) is 12.1 Å². The topological polar surface area (TPSA) is 41.4 Å². The standard InChI is InChI=1S/C20H28N4O/c1-15(2)24-16-7-8-17(24)13-22(11-9-16)20(25)10-12-23-14-21-18-5-3-4-6-19(18)23/h3-6,14-17H,7-13H2,1-2H3/t16-,17-/m0/s1. The Morgan fingerprint density at radius 1 is 1.20 bits per heavy atom. The Hall–Kier alpha value is -1.88. The molecule has 2 fully saturated rings. The first-order valence-corrected chi connectivity index (χ1v) is 9.58. The molecule has 2 atom stereocenters. The van der Waals surface area contributed by atoms with Gasteiger partial charge in [0.15, 0.2) is 0 Å². The second-order valence-corrected chi connectivity index (χ2v) is 7.73. The first-order chi connectivity index (χ1) is 12.1. The maximum atomic E-state index is 12.8. The summed E-state index contributed by atoms with van der Waals surface area (Å²) in [4.78, 5) is 22.0. The van der Waals surface area contributed by atoms with Gasteiger partial charge in [0.05, 0.1) is 17.4 Å². The van der Waals surface area contributed by atoms with Crippen LogP contribution in [-0.2, 0) is 11.3 Å². The Morgan fingerprint density at radius 2 is 2.00 bits per heavy atom. The molecule has 5 nitrogen and oxygen atoms in total. The number of aryl methyl sites for hydroxylation is 1. The average molecular weight is 340 g/mol. The third-order valence-electron chi connectivity index (χ3n) is 5.88. The number of fused-ring (bicyclic) bond motifs is 3. The van der Waals surface area contributed by atoms with Gasteiger partial charge in [0.2, 0.25) is 5.91 Å². The molecule has 5 heteroatoms. The van der Waals surface area contributed by atoms with Crippen molar-refractivity contribution in [2.75, 3.05) is 13.1 Å². The molecule has 2 aromatic rings. The van der Waals surface area contributed by atoms with Crippen molar-refractivity contribution in [2.24, 2.45) is 0 Å². The molecular weight excluding hydrogens is 312 g/mol. The number of nitrogens with zero attached hydrogens (tertiary/aromatic N) is 4. The second-order valence-electron chi connectivity index (χ2n) is 7.73. The molecule has 1 aromatic carbocycles. The van der Waals surface area contributed by atoms with Gasteiger partial charge >= 0.3 is 0 Å². The van der Waals surface area contributed by atoms with Crippen LogP contribution in [0, 0.1) is 0 Å². The fourth-order valence-electron chi connectivity index (χ4n) is 4.74. The number of carbonyl (C=O) groups excluding carboxylic acids is 1. The highest BCUT2D eigenvalue weighted by atomic mass is 16.2. The normalized spacial score (nSPS) is 24.2. The van der Waals surface area contributed by atoms with Crippen LogP contribution in [0.3, 0.4) is 0 Å². The van der Waals surface area contributed by atoms with Crippen molar-refractivity contribution < 1.29 is 4.79 Å². The number of carbonyl (C=O) groups is 1.